The summed E-state index contributed by atoms with van der Waals surface area (Å²) in [5.74, 6) is -0.229. The number of carbonyl (C=O) groups excluding carboxylic acids is 1. The van der Waals surface area contributed by atoms with Gasteiger partial charge in [0.05, 0.1) is 28.7 Å². The molecule has 1 aromatic heterocycles. The maximum Gasteiger partial charge on any atom is 0.253 e. The molecule has 1 amide bonds. The first-order chi connectivity index (χ1) is 8.50. The average Bonchev–Trinajstić information content (AvgIpc) is 2.77. The minimum atomic E-state index is -0.739. The number of aromatic nitrogens is 1. The van der Waals surface area contributed by atoms with Crippen LogP contribution in [0.3, 0.4) is 0 Å². The normalized spacial score (nSPS) is 17.7. The van der Waals surface area contributed by atoms with Crippen LogP contribution in [0.25, 0.3) is 0 Å². The van der Waals surface area contributed by atoms with Crippen LogP contribution in [0.1, 0.15) is 41.7 Å². The quantitative estimate of drug-likeness (QED) is 0.746. The molecule has 0 aliphatic heterocycles. The SMILES string of the molecule is Cc1ncc(N)cc1C(=O)NCC1(O)CCCC1. The molecule has 0 aromatic carbocycles. The standard InChI is InChI=1S/C13H19N3O2/c1-9-11(6-10(14)7-15-9)12(17)16-8-13(18)4-2-3-5-13/h6-7,18H,2-5,8,14H2,1H3,(H,16,17). The van der Waals surface area contributed by atoms with Crippen LogP contribution < -0.4 is 11.1 Å². The van der Waals surface area contributed by atoms with Gasteiger partial charge in [-0.1, -0.05) is 12.8 Å². The van der Waals surface area contributed by atoms with Crippen LogP contribution in [0.15, 0.2) is 12.3 Å². The molecule has 98 valence electrons. The van der Waals surface area contributed by atoms with Crippen molar-refractivity contribution in [3.05, 3.63) is 23.5 Å². The Labute approximate surface area is 106 Å². The van der Waals surface area contributed by atoms with Crippen molar-refractivity contribution in [1.29, 1.82) is 0 Å². The van der Waals surface area contributed by atoms with Crippen molar-refractivity contribution < 1.29 is 9.90 Å². The van der Waals surface area contributed by atoms with E-state index in [1.54, 1.807) is 13.0 Å². The zero-order valence-corrected chi connectivity index (χ0v) is 10.6. The Bertz CT molecular complexity index is 454. The molecular weight excluding hydrogens is 230 g/mol. The first-order valence-corrected chi connectivity index (χ1v) is 6.23. The lowest BCUT2D eigenvalue weighted by molar-refractivity contribution is 0.0449. The molecule has 5 heteroatoms. The van der Waals surface area contributed by atoms with E-state index in [2.05, 4.69) is 10.3 Å². The number of hydrogen-bond donors (Lipinski definition) is 3. The van der Waals surface area contributed by atoms with Gasteiger partial charge in [-0.05, 0) is 25.8 Å². The predicted molar refractivity (Wildman–Crippen MR) is 69.1 cm³/mol. The van der Waals surface area contributed by atoms with Crippen LogP contribution in [0, 0.1) is 6.92 Å². The van der Waals surface area contributed by atoms with E-state index in [9.17, 15) is 9.90 Å². The minimum Gasteiger partial charge on any atom is -0.397 e. The van der Waals surface area contributed by atoms with Crippen LogP contribution in [0.2, 0.25) is 0 Å². The second-order valence-electron chi connectivity index (χ2n) is 5.02. The summed E-state index contributed by atoms with van der Waals surface area (Å²) in [5.41, 5.74) is 6.45. The van der Waals surface area contributed by atoms with E-state index < -0.39 is 5.60 Å². The van der Waals surface area contributed by atoms with Gasteiger partial charge in [-0.3, -0.25) is 9.78 Å². The van der Waals surface area contributed by atoms with E-state index in [0.717, 1.165) is 25.7 Å². The van der Waals surface area contributed by atoms with Crippen LogP contribution >= 0.6 is 0 Å². The number of nitrogens with zero attached hydrogens (tertiary/aromatic N) is 1. The number of amides is 1. The van der Waals surface area contributed by atoms with Gasteiger partial charge in [-0.15, -0.1) is 0 Å². The number of nitrogen functional groups attached to an aromatic ring is 1. The van der Waals surface area contributed by atoms with Crippen molar-refractivity contribution in [2.24, 2.45) is 0 Å². The second kappa shape index (κ2) is 4.94. The first kappa shape index (κ1) is 12.8. The summed E-state index contributed by atoms with van der Waals surface area (Å²) >= 11 is 0. The second-order valence-corrected chi connectivity index (χ2v) is 5.02. The van der Waals surface area contributed by atoms with Crippen LogP contribution in [-0.4, -0.2) is 28.1 Å². The number of aryl methyl sites for hydroxylation is 1. The lowest BCUT2D eigenvalue weighted by atomic mass is 10.0. The number of rotatable bonds is 3. The molecule has 18 heavy (non-hydrogen) atoms. The average molecular weight is 249 g/mol. The number of carbonyl (C=O) groups is 1. The van der Waals surface area contributed by atoms with Gasteiger partial charge in [-0.2, -0.15) is 0 Å². The molecule has 1 fully saturated rings. The minimum absolute atomic E-state index is 0.229. The fourth-order valence-corrected chi connectivity index (χ4v) is 2.33. The van der Waals surface area contributed by atoms with E-state index in [-0.39, 0.29) is 5.91 Å². The van der Waals surface area contributed by atoms with Crippen LogP contribution in [0.4, 0.5) is 5.69 Å². The highest BCUT2D eigenvalue weighted by Gasteiger charge is 2.31. The molecule has 1 aromatic rings. The molecule has 1 aliphatic rings. The maximum atomic E-state index is 12.0. The number of hydrogen-bond acceptors (Lipinski definition) is 4. The molecule has 4 N–H and O–H groups in total. The van der Waals surface area contributed by atoms with E-state index in [4.69, 9.17) is 5.73 Å². The summed E-state index contributed by atoms with van der Waals surface area (Å²) in [5, 5.41) is 12.9. The summed E-state index contributed by atoms with van der Waals surface area (Å²) in [7, 11) is 0. The number of pyridine rings is 1. The van der Waals surface area contributed by atoms with Gasteiger partial charge >= 0.3 is 0 Å². The van der Waals surface area contributed by atoms with Crippen molar-refractivity contribution in [3.63, 3.8) is 0 Å². The Morgan fingerprint density at radius 3 is 2.89 bits per heavy atom. The van der Waals surface area contributed by atoms with Gasteiger partial charge in [0.25, 0.3) is 5.91 Å². The fourth-order valence-electron chi connectivity index (χ4n) is 2.33. The summed E-state index contributed by atoms with van der Waals surface area (Å²) < 4.78 is 0. The molecule has 1 heterocycles. The summed E-state index contributed by atoms with van der Waals surface area (Å²) in [4.78, 5) is 16.0. The van der Waals surface area contributed by atoms with Gasteiger partial charge in [0.15, 0.2) is 0 Å². The summed E-state index contributed by atoms with van der Waals surface area (Å²) in [6.07, 6.45) is 5.07. The summed E-state index contributed by atoms with van der Waals surface area (Å²) in [6, 6.07) is 1.61. The van der Waals surface area contributed by atoms with E-state index in [1.165, 1.54) is 6.20 Å². The molecule has 5 nitrogen and oxygen atoms in total. The highest BCUT2D eigenvalue weighted by molar-refractivity contribution is 5.95. The zero-order valence-electron chi connectivity index (χ0n) is 10.6. The smallest absolute Gasteiger partial charge is 0.253 e. The Kier molecular flexibility index (Phi) is 3.52. The highest BCUT2D eigenvalue weighted by atomic mass is 16.3. The first-order valence-electron chi connectivity index (χ1n) is 6.23. The summed E-state index contributed by atoms with van der Waals surface area (Å²) in [6.45, 7) is 2.05. The van der Waals surface area contributed by atoms with Gasteiger partial charge in [0.2, 0.25) is 0 Å². The Morgan fingerprint density at radius 1 is 1.56 bits per heavy atom. The Balaban J connectivity index is 2.01. The third kappa shape index (κ3) is 2.79. The van der Waals surface area contributed by atoms with Gasteiger partial charge in [-0.25, -0.2) is 0 Å². The Morgan fingerprint density at radius 2 is 2.22 bits per heavy atom. The molecule has 1 saturated carbocycles. The van der Waals surface area contributed by atoms with Crippen molar-refractivity contribution in [3.8, 4) is 0 Å². The number of nitrogens with two attached hydrogens (primary N) is 1. The molecule has 2 rings (SSSR count). The fraction of sp³-hybridized carbons (Fsp3) is 0.538. The molecule has 0 unspecified atom stereocenters. The molecule has 0 atom stereocenters. The monoisotopic (exact) mass is 249 g/mol. The topological polar surface area (TPSA) is 88.2 Å². The van der Waals surface area contributed by atoms with Crippen molar-refractivity contribution in [1.82, 2.24) is 10.3 Å². The van der Waals surface area contributed by atoms with Crippen molar-refractivity contribution in [2.75, 3.05) is 12.3 Å². The molecule has 0 bridgehead atoms. The van der Waals surface area contributed by atoms with Crippen LogP contribution in [0.5, 0.6) is 0 Å². The number of nitrogens with one attached hydrogen (secondary N) is 1. The molecule has 1 aliphatic carbocycles. The van der Waals surface area contributed by atoms with Crippen molar-refractivity contribution in [2.45, 2.75) is 38.2 Å². The van der Waals surface area contributed by atoms with E-state index in [1.807, 2.05) is 0 Å². The van der Waals surface area contributed by atoms with Crippen LogP contribution in [-0.2, 0) is 0 Å². The van der Waals surface area contributed by atoms with Gasteiger partial charge in [0.1, 0.15) is 0 Å². The molecular formula is C13H19N3O2. The van der Waals surface area contributed by atoms with E-state index >= 15 is 0 Å². The third-order valence-corrected chi connectivity index (χ3v) is 3.46. The maximum absolute atomic E-state index is 12.0. The lowest BCUT2D eigenvalue weighted by Crippen LogP contribution is -2.41. The predicted octanol–water partition coefficient (Wildman–Crippen LogP) is 1.01. The zero-order chi connectivity index (χ0) is 13.2. The largest absolute Gasteiger partial charge is 0.397 e. The third-order valence-electron chi connectivity index (χ3n) is 3.46. The lowest BCUT2D eigenvalue weighted by Gasteiger charge is -2.22. The van der Waals surface area contributed by atoms with Gasteiger partial charge < -0.3 is 16.2 Å². The van der Waals surface area contributed by atoms with Gasteiger partial charge in [0, 0.05) is 6.54 Å². The van der Waals surface area contributed by atoms with E-state index in [0.29, 0.717) is 23.5 Å². The number of aliphatic hydroxyl groups is 1. The Hall–Kier alpha value is -1.62. The molecule has 0 radical (unpaired) electrons. The molecule has 0 saturated heterocycles. The highest BCUT2D eigenvalue weighted by Crippen LogP contribution is 2.28. The molecule has 0 spiro atoms. The number of anilines is 1. The van der Waals surface area contributed by atoms with Crippen molar-refractivity contribution >= 4 is 11.6 Å².